The third-order valence-corrected chi connectivity index (χ3v) is 4.09. The lowest BCUT2D eigenvalue weighted by Crippen LogP contribution is -2.06. The van der Waals surface area contributed by atoms with Crippen molar-refractivity contribution in [3.05, 3.63) is 39.0 Å². The third kappa shape index (κ3) is 0.959. The van der Waals surface area contributed by atoms with Gasteiger partial charge in [0.15, 0.2) is 0 Å². The SMILES string of the molecule is C1=NCc2c3c(sc2=C1)=Nc1ccccc1-3. The molecule has 2 aromatic rings. The molecule has 0 bridgehead atoms. The molecule has 2 aliphatic rings. The summed E-state index contributed by atoms with van der Waals surface area (Å²) in [5.41, 5.74) is 5.02. The average molecular weight is 224 g/mol. The Balaban J connectivity index is 2.15. The van der Waals surface area contributed by atoms with Crippen molar-refractivity contribution in [1.29, 1.82) is 0 Å². The van der Waals surface area contributed by atoms with E-state index < -0.39 is 0 Å². The van der Waals surface area contributed by atoms with Crippen LogP contribution in [0.2, 0.25) is 0 Å². The lowest BCUT2D eigenvalue weighted by molar-refractivity contribution is 1.07. The first-order valence-electron chi connectivity index (χ1n) is 5.23. The summed E-state index contributed by atoms with van der Waals surface area (Å²) in [4.78, 5) is 8.99. The van der Waals surface area contributed by atoms with Crippen LogP contribution in [0.25, 0.3) is 17.2 Å². The van der Waals surface area contributed by atoms with Crippen LogP contribution in [0.3, 0.4) is 0 Å². The maximum absolute atomic E-state index is 4.66. The van der Waals surface area contributed by atoms with Crippen molar-refractivity contribution < 1.29 is 0 Å². The van der Waals surface area contributed by atoms with E-state index in [0.717, 1.165) is 16.9 Å². The molecule has 3 heterocycles. The fraction of sp³-hybridized carbons (Fsp3) is 0.0769. The lowest BCUT2D eigenvalue weighted by atomic mass is 10.0. The predicted octanol–water partition coefficient (Wildman–Crippen LogP) is 2.04. The Morgan fingerprint density at radius 1 is 1.19 bits per heavy atom. The summed E-state index contributed by atoms with van der Waals surface area (Å²) in [6.45, 7) is 0.793. The fourth-order valence-corrected chi connectivity index (χ4v) is 3.38. The molecule has 0 fully saturated rings. The second-order valence-corrected chi connectivity index (χ2v) is 4.94. The molecule has 4 rings (SSSR count). The number of hydrogen-bond donors (Lipinski definition) is 0. The van der Waals surface area contributed by atoms with Crippen LogP contribution in [0.5, 0.6) is 0 Å². The first-order chi connectivity index (χ1) is 7.93. The van der Waals surface area contributed by atoms with Gasteiger partial charge in [0.2, 0.25) is 0 Å². The summed E-state index contributed by atoms with van der Waals surface area (Å²) in [6.07, 6.45) is 3.97. The normalized spacial score (nSPS) is 14.8. The van der Waals surface area contributed by atoms with Crippen LogP contribution in [-0.2, 0) is 6.54 Å². The van der Waals surface area contributed by atoms with Crippen molar-refractivity contribution in [2.75, 3.05) is 0 Å². The van der Waals surface area contributed by atoms with Gasteiger partial charge in [0, 0.05) is 27.4 Å². The van der Waals surface area contributed by atoms with Gasteiger partial charge in [-0.15, -0.1) is 11.3 Å². The second-order valence-electron chi connectivity index (χ2n) is 3.91. The van der Waals surface area contributed by atoms with Gasteiger partial charge in [-0.3, -0.25) is 4.99 Å². The van der Waals surface area contributed by atoms with Gasteiger partial charge in [0.25, 0.3) is 0 Å². The Bertz CT molecular complexity index is 738. The van der Waals surface area contributed by atoms with Crippen LogP contribution < -0.4 is 9.20 Å². The maximum Gasteiger partial charge on any atom is 0.125 e. The monoisotopic (exact) mass is 224 g/mol. The smallest absolute Gasteiger partial charge is 0.125 e. The predicted molar refractivity (Wildman–Crippen MR) is 66.9 cm³/mol. The molecule has 0 radical (unpaired) electrons. The van der Waals surface area contributed by atoms with Gasteiger partial charge in [-0.25, -0.2) is 4.99 Å². The van der Waals surface area contributed by atoms with Crippen molar-refractivity contribution in [3.8, 4) is 11.1 Å². The summed E-state index contributed by atoms with van der Waals surface area (Å²) < 4.78 is 2.46. The molecule has 0 amide bonds. The second kappa shape index (κ2) is 2.89. The van der Waals surface area contributed by atoms with Crippen molar-refractivity contribution >= 4 is 29.3 Å². The molecule has 0 unspecified atom stereocenters. The van der Waals surface area contributed by atoms with Crippen LogP contribution in [0.1, 0.15) is 5.56 Å². The standard InChI is InChI=1S/C13H8N2S/c1-2-4-10-8(3-1)12-9-7-14-6-5-11(9)16-13(12)15-10/h1-6H,7H2. The number of rotatable bonds is 0. The third-order valence-electron chi connectivity index (χ3n) is 3.00. The molecule has 0 atom stereocenters. The minimum atomic E-state index is 0.793. The molecule has 3 heteroatoms. The van der Waals surface area contributed by atoms with E-state index in [-0.39, 0.29) is 0 Å². The molecule has 0 saturated carbocycles. The van der Waals surface area contributed by atoms with E-state index in [4.69, 9.17) is 0 Å². The number of benzene rings is 1. The van der Waals surface area contributed by atoms with E-state index in [9.17, 15) is 0 Å². The molecule has 1 aromatic heterocycles. The lowest BCUT2D eigenvalue weighted by Gasteiger charge is -2.02. The Morgan fingerprint density at radius 3 is 3.12 bits per heavy atom. The van der Waals surface area contributed by atoms with Crippen LogP contribution in [-0.4, -0.2) is 6.21 Å². The molecule has 0 saturated heterocycles. The van der Waals surface area contributed by atoms with Crippen LogP contribution >= 0.6 is 11.3 Å². The van der Waals surface area contributed by atoms with E-state index in [1.54, 1.807) is 11.3 Å². The zero-order valence-electron chi connectivity index (χ0n) is 8.47. The number of para-hydroxylation sites is 1. The first kappa shape index (κ1) is 8.42. The van der Waals surface area contributed by atoms with Crippen molar-refractivity contribution in [2.45, 2.75) is 6.54 Å². The van der Waals surface area contributed by atoms with Gasteiger partial charge < -0.3 is 0 Å². The molecular weight excluding hydrogens is 216 g/mol. The van der Waals surface area contributed by atoms with Crippen molar-refractivity contribution in [3.63, 3.8) is 0 Å². The minimum absolute atomic E-state index is 0.793. The number of fused-ring (bicyclic) bond motifs is 5. The van der Waals surface area contributed by atoms with E-state index in [1.807, 2.05) is 12.3 Å². The summed E-state index contributed by atoms with van der Waals surface area (Å²) in [5.74, 6) is 0. The highest BCUT2D eigenvalue weighted by atomic mass is 32.1. The largest absolute Gasteiger partial charge is 0.288 e. The highest BCUT2D eigenvalue weighted by molar-refractivity contribution is 7.08. The molecule has 1 aromatic carbocycles. The molecule has 76 valence electrons. The molecule has 2 nitrogen and oxygen atoms in total. The van der Waals surface area contributed by atoms with Crippen LogP contribution in [0.15, 0.2) is 34.3 Å². The number of thiophene rings is 1. The van der Waals surface area contributed by atoms with E-state index in [1.165, 1.54) is 21.2 Å². The summed E-state index contributed by atoms with van der Waals surface area (Å²) >= 11 is 1.77. The zero-order chi connectivity index (χ0) is 10.5. The van der Waals surface area contributed by atoms with Gasteiger partial charge in [0.1, 0.15) is 4.67 Å². The van der Waals surface area contributed by atoms with E-state index in [0.29, 0.717) is 0 Å². The van der Waals surface area contributed by atoms with E-state index in [2.05, 4.69) is 34.3 Å². The number of nitrogens with zero attached hydrogens (tertiary/aromatic N) is 2. The summed E-state index contributed by atoms with van der Waals surface area (Å²) in [7, 11) is 0. The number of hydrogen-bond acceptors (Lipinski definition) is 3. The topological polar surface area (TPSA) is 24.7 Å². The Labute approximate surface area is 96.3 Å². The summed E-state index contributed by atoms with van der Waals surface area (Å²) in [6, 6.07) is 8.33. The fourth-order valence-electron chi connectivity index (χ4n) is 2.27. The quantitative estimate of drug-likeness (QED) is 0.558. The Hall–Kier alpha value is -1.74. The van der Waals surface area contributed by atoms with Gasteiger partial charge >= 0.3 is 0 Å². The Morgan fingerprint density at radius 2 is 2.12 bits per heavy atom. The van der Waals surface area contributed by atoms with Gasteiger partial charge in [-0.05, 0) is 12.1 Å². The van der Waals surface area contributed by atoms with Gasteiger partial charge in [0.05, 0.1) is 12.2 Å². The molecule has 2 aliphatic heterocycles. The highest BCUT2D eigenvalue weighted by Gasteiger charge is 2.20. The Kier molecular flexibility index (Phi) is 1.52. The van der Waals surface area contributed by atoms with Gasteiger partial charge in [-0.1, -0.05) is 18.2 Å². The van der Waals surface area contributed by atoms with E-state index >= 15 is 0 Å². The zero-order valence-corrected chi connectivity index (χ0v) is 9.29. The highest BCUT2D eigenvalue weighted by Crippen LogP contribution is 2.34. The molecule has 0 N–H and O–H groups in total. The maximum atomic E-state index is 4.66. The summed E-state index contributed by atoms with van der Waals surface area (Å²) in [5, 5.41) is 0. The van der Waals surface area contributed by atoms with Crippen molar-refractivity contribution in [2.24, 2.45) is 9.98 Å². The molecular formula is C13H8N2S. The molecule has 0 aliphatic carbocycles. The number of aliphatic imine (C=N–C) groups is 1. The molecule has 0 spiro atoms. The molecule has 16 heavy (non-hydrogen) atoms. The minimum Gasteiger partial charge on any atom is -0.288 e. The van der Waals surface area contributed by atoms with Gasteiger partial charge in [-0.2, -0.15) is 0 Å². The van der Waals surface area contributed by atoms with Crippen LogP contribution in [0, 0.1) is 0 Å². The van der Waals surface area contributed by atoms with Crippen molar-refractivity contribution in [1.82, 2.24) is 0 Å². The first-order valence-corrected chi connectivity index (χ1v) is 6.05. The average Bonchev–Trinajstić information content (AvgIpc) is 2.83. The van der Waals surface area contributed by atoms with Crippen LogP contribution in [0.4, 0.5) is 5.69 Å².